The van der Waals surface area contributed by atoms with E-state index in [-0.39, 0.29) is 50.7 Å². The number of nitrogens with one attached hydrogen (secondary N) is 1. The first kappa shape index (κ1) is 27.1. The summed E-state index contributed by atoms with van der Waals surface area (Å²) in [7, 11) is 0. The molecule has 1 aromatic heterocycles. The molecule has 3 amide bonds. The summed E-state index contributed by atoms with van der Waals surface area (Å²) >= 11 is 0. The fraction of sp³-hybridized carbons (Fsp3) is 0.462. The van der Waals surface area contributed by atoms with Gasteiger partial charge in [0.2, 0.25) is 11.8 Å². The van der Waals surface area contributed by atoms with Gasteiger partial charge in [-0.15, -0.1) is 0 Å². The Bertz CT molecular complexity index is 995. The first-order valence-corrected chi connectivity index (χ1v) is 12.2. The topological polar surface area (TPSA) is 155 Å². The number of hydrogen-bond acceptors (Lipinski definition) is 7. The van der Waals surface area contributed by atoms with Crippen molar-refractivity contribution < 1.29 is 29.3 Å². The van der Waals surface area contributed by atoms with Gasteiger partial charge in [0.1, 0.15) is 12.6 Å². The number of hydrogen-bond donors (Lipinski definition) is 4. The lowest BCUT2D eigenvalue weighted by molar-refractivity contribution is -0.131. The zero-order valence-electron chi connectivity index (χ0n) is 20.2. The molecule has 36 heavy (non-hydrogen) atoms. The van der Waals surface area contributed by atoms with Crippen LogP contribution in [0.15, 0.2) is 48.8 Å². The van der Waals surface area contributed by atoms with Crippen LogP contribution in [0.4, 0.5) is 4.79 Å². The van der Waals surface area contributed by atoms with E-state index in [2.05, 4.69) is 10.3 Å². The molecule has 10 nitrogen and oxygen atoms in total. The fourth-order valence-electron chi connectivity index (χ4n) is 4.59. The van der Waals surface area contributed by atoms with E-state index in [1.165, 1.54) is 11.1 Å². The highest BCUT2D eigenvalue weighted by atomic mass is 16.6. The molecule has 1 saturated carbocycles. The third kappa shape index (κ3) is 7.25. The van der Waals surface area contributed by atoms with Gasteiger partial charge in [-0.05, 0) is 36.0 Å². The first-order valence-electron chi connectivity index (χ1n) is 12.2. The lowest BCUT2D eigenvalue weighted by Gasteiger charge is -2.32. The number of aliphatic hydroxyl groups is 2. The normalized spacial score (nSPS) is 18.2. The molecule has 0 radical (unpaired) electrons. The first-order chi connectivity index (χ1) is 17.4. The molecule has 0 unspecified atom stereocenters. The molecule has 0 aliphatic heterocycles. The molecule has 10 heteroatoms. The van der Waals surface area contributed by atoms with Crippen molar-refractivity contribution in [3.05, 3.63) is 65.5 Å². The molecule has 1 fully saturated rings. The van der Waals surface area contributed by atoms with Gasteiger partial charge in [-0.3, -0.25) is 14.6 Å². The maximum atomic E-state index is 13.2. The minimum Gasteiger partial charge on any atom is -0.445 e. The van der Waals surface area contributed by atoms with Gasteiger partial charge < -0.3 is 30.9 Å². The van der Waals surface area contributed by atoms with Crippen LogP contribution in [0.2, 0.25) is 0 Å². The molecule has 1 aliphatic carbocycles. The van der Waals surface area contributed by atoms with E-state index in [9.17, 15) is 14.4 Å². The van der Waals surface area contributed by atoms with Crippen LogP contribution in [0.5, 0.6) is 0 Å². The van der Waals surface area contributed by atoms with E-state index in [1.807, 2.05) is 24.3 Å². The smallest absolute Gasteiger partial charge is 0.410 e. The van der Waals surface area contributed by atoms with Crippen molar-refractivity contribution in [2.24, 2.45) is 11.7 Å². The van der Waals surface area contributed by atoms with E-state index in [0.29, 0.717) is 12.0 Å². The molecule has 3 rings (SSSR count). The molecule has 0 saturated heterocycles. The number of nitrogens with two attached hydrogens (primary N) is 1. The Kier molecular flexibility index (Phi) is 10.2. The van der Waals surface area contributed by atoms with Gasteiger partial charge in [0.15, 0.2) is 0 Å². The zero-order valence-corrected chi connectivity index (χ0v) is 20.2. The number of pyridine rings is 1. The Morgan fingerprint density at radius 1 is 1.08 bits per heavy atom. The van der Waals surface area contributed by atoms with Crippen molar-refractivity contribution >= 4 is 17.9 Å². The van der Waals surface area contributed by atoms with Gasteiger partial charge in [0, 0.05) is 37.0 Å². The summed E-state index contributed by atoms with van der Waals surface area (Å²) in [5, 5.41) is 20.9. The number of carbonyl (C=O) groups excluding carboxylic acids is 3. The standard InChI is InChI=1S/C26H34N4O6/c27-24(33)23(20-4-3-11-28-16-20)29-25(34)22-6-2-1-5-21(22)19-9-7-18(8-10-19)17-36-26(35)30(12-14-31)13-15-32/h3-4,7-11,16,21-23,31-32H,1-2,5-6,12-15,17H2,(H2,27,33)(H,29,34)/t21-,22+,23-/m0/s1. The summed E-state index contributed by atoms with van der Waals surface area (Å²) in [6, 6.07) is 10.0. The maximum Gasteiger partial charge on any atom is 0.410 e. The van der Waals surface area contributed by atoms with Crippen LogP contribution >= 0.6 is 0 Å². The van der Waals surface area contributed by atoms with Crippen molar-refractivity contribution in [1.82, 2.24) is 15.2 Å². The third-order valence-corrected chi connectivity index (χ3v) is 6.46. The Morgan fingerprint density at radius 3 is 2.39 bits per heavy atom. The average molecular weight is 499 g/mol. The Morgan fingerprint density at radius 2 is 1.78 bits per heavy atom. The molecule has 3 atom stereocenters. The number of nitrogens with zero attached hydrogens (tertiary/aromatic N) is 2. The molecule has 5 N–H and O–H groups in total. The van der Waals surface area contributed by atoms with Gasteiger partial charge in [0.25, 0.3) is 0 Å². The Labute approximate surface area is 210 Å². The predicted molar refractivity (Wildman–Crippen MR) is 131 cm³/mol. The number of carbonyl (C=O) groups is 3. The fourth-order valence-corrected chi connectivity index (χ4v) is 4.59. The molecule has 2 aromatic rings. The summed E-state index contributed by atoms with van der Waals surface area (Å²) in [6.07, 6.45) is 5.98. The monoisotopic (exact) mass is 498 g/mol. The van der Waals surface area contributed by atoms with Gasteiger partial charge in [-0.25, -0.2) is 4.79 Å². The average Bonchev–Trinajstić information content (AvgIpc) is 2.90. The number of amides is 3. The molecular weight excluding hydrogens is 464 g/mol. The number of rotatable bonds is 11. The highest BCUT2D eigenvalue weighted by Gasteiger charge is 2.34. The van der Waals surface area contributed by atoms with Crippen molar-refractivity contribution in [1.29, 1.82) is 0 Å². The lowest BCUT2D eigenvalue weighted by atomic mass is 9.74. The molecule has 0 spiro atoms. The SMILES string of the molecule is NC(=O)[C@@H](NC(=O)[C@@H]1CCCC[C@H]1c1ccc(COC(=O)N(CCO)CCO)cc1)c1cccnc1. The van der Waals surface area contributed by atoms with Crippen LogP contribution in [0.25, 0.3) is 0 Å². The third-order valence-electron chi connectivity index (χ3n) is 6.46. The molecule has 0 bridgehead atoms. The second kappa shape index (κ2) is 13.6. The number of primary amides is 1. The minimum absolute atomic E-state index is 0.0117. The van der Waals surface area contributed by atoms with Crippen molar-refractivity contribution in [2.45, 2.75) is 44.2 Å². The molecular formula is C26H34N4O6. The minimum atomic E-state index is -0.943. The number of ether oxygens (including phenoxy) is 1. The van der Waals surface area contributed by atoms with Gasteiger partial charge in [-0.2, -0.15) is 0 Å². The van der Waals surface area contributed by atoms with Crippen LogP contribution in [-0.4, -0.2) is 64.3 Å². The van der Waals surface area contributed by atoms with E-state index in [1.54, 1.807) is 18.3 Å². The Balaban J connectivity index is 1.65. The molecule has 194 valence electrons. The van der Waals surface area contributed by atoms with Crippen LogP contribution in [0, 0.1) is 5.92 Å². The number of aliphatic hydroxyl groups excluding tert-OH is 2. The maximum absolute atomic E-state index is 13.2. The van der Waals surface area contributed by atoms with Crippen molar-refractivity contribution in [3.8, 4) is 0 Å². The largest absolute Gasteiger partial charge is 0.445 e. The van der Waals surface area contributed by atoms with E-state index < -0.39 is 18.0 Å². The second-order valence-corrected chi connectivity index (χ2v) is 8.86. The highest BCUT2D eigenvalue weighted by Crippen LogP contribution is 2.38. The van der Waals surface area contributed by atoms with Crippen LogP contribution in [0.1, 0.15) is 54.3 Å². The van der Waals surface area contributed by atoms with Crippen molar-refractivity contribution in [2.75, 3.05) is 26.3 Å². The summed E-state index contributed by atoms with van der Waals surface area (Å²) in [5.41, 5.74) is 7.89. The van der Waals surface area contributed by atoms with Crippen LogP contribution in [0.3, 0.4) is 0 Å². The van der Waals surface area contributed by atoms with Gasteiger partial charge >= 0.3 is 6.09 Å². The molecule has 1 heterocycles. The van der Waals surface area contributed by atoms with Crippen LogP contribution in [-0.2, 0) is 20.9 Å². The van der Waals surface area contributed by atoms with Crippen molar-refractivity contribution in [3.63, 3.8) is 0 Å². The number of aromatic nitrogens is 1. The quantitative estimate of drug-likeness (QED) is 0.367. The molecule has 1 aliphatic rings. The summed E-state index contributed by atoms with van der Waals surface area (Å²) in [5.74, 6) is -1.16. The zero-order chi connectivity index (χ0) is 25.9. The summed E-state index contributed by atoms with van der Waals surface area (Å²) in [6.45, 7) is -0.223. The van der Waals surface area contributed by atoms with E-state index in [0.717, 1.165) is 30.4 Å². The second-order valence-electron chi connectivity index (χ2n) is 8.86. The Hall–Kier alpha value is -3.50. The predicted octanol–water partition coefficient (Wildman–Crippen LogP) is 1.62. The van der Waals surface area contributed by atoms with E-state index in [4.69, 9.17) is 20.7 Å². The van der Waals surface area contributed by atoms with E-state index >= 15 is 0 Å². The summed E-state index contributed by atoms with van der Waals surface area (Å²) < 4.78 is 5.30. The van der Waals surface area contributed by atoms with Gasteiger partial charge in [-0.1, -0.05) is 43.2 Å². The summed E-state index contributed by atoms with van der Waals surface area (Å²) in [4.78, 5) is 42.7. The van der Waals surface area contributed by atoms with Crippen LogP contribution < -0.4 is 11.1 Å². The lowest BCUT2D eigenvalue weighted by Crippen LogP contribution is -2.42. The highest BCUT2D eigenvalue weighted by molar-refractivity contribution is 5.88. The number of benzene rings is 1. The van der Waals surface area contributed by atoms with Gasteiger partial charge in [0.05, 0.1) is 13.2 Å². The molecule has 1 aromatic carbocycles.